The fraction of sp³-hybridized carbons (Fsp3) is 0.588. The summed E-state index contributed by atoms with van der Waals surface area (Å²) in [7, 11) is 0. The maximum Gasteiger partial charge on any atom is 0.242 e. The lowest BCUT2D eigenvalue weighted by molar-refractivity contribution is -0.133. The Hall–Kier alpha value is -0.810. The SMILES string of the molecule is CC1CCN(C(=O)C2(N)CC2)CCN1Cc1ccccc1.Cl.Cl. The molecule has 1 saturated heterocycles. The fourth-order valence-electron chi connectivity index (χ4n) is 3.03. The number of benzene rings is 1. The highest BCUT2D eigenvalue weighted by atomic mass is 35.5. The van der Waals surface area contributed by atoms with Crippen LogP contribution in [0.4, 0.5) is 0 Å². The molecule has 2 fully saturated rings. The molecule has 1 unspecified atom stereocenters. The van der Waals surface area contributed by atoms with Gasteiger partial charge in [-0.1, -0.05) is 30.3 Å². The predicted octanol–water partition coefficient (Wildman–Crippen LogP) is 2.44. The molecule has 2 N–H and O–H groups in total. The largest absolute Gasteiger partial charge is 0.340 e. The first-order chi connectivity index (χ1) is 10.1. The molecule has 1 aliphatic heterocycles. The molecule has 1 saturated carbocycles. The van der Waals surface area contributed by atoms with Crippen molar-refractivity contribution in [1.82, 2.24) is 9.80 Å². The molecule has 0 aromatic heterocycles. The van der Waals surface area contributed by atoms with Crippen LogP contribution in [0, 0.1) is 0 Å². The van der Waals surface area contributed by atoms with Crippen LogP contribution in [-0.2, 0) is 11.3 Å². The van der Waals surface area contributed by atoms with Gasteiger partial charge in [-0.3, -0.25) is 9.69 Å². The Bertz CT molecular complexity index is 508. The van der Waals surface area contributed by atoms with Crippen molar-refractivity contribution in [2.45, 2.75) is 44.3 Å². The van der Waals surface area contributed by atoms with E-state index in [9.17, 15) is 4.79 Å². The van der Waals surface area contributed by atoms with E-state index < -0.39 is 5.54 Å². The van der Waals surface area contributed by atoms with E-state index in [0.717, 1.165) is 45.4 Å². The van der Waals surface area contributed by atoms with Gasteiger partial charge in [0.25, 0.3) is 0 Å². The third kappa shape index (κ3) is 4.83. The molecule has 1 aromatic carbocycles. The van der Waals surface area contributed by atoms with Crippen molar-refractivity contribution in [3.8, 4) is 0 Å². The second-order valence-electron chi connectivity index (χ2n) is 6.54. The Morgan fingerprint density at radius 2 is 1.83 bits per heavy atom. The lowest BCUT2D eigenvalue weighted by Crippen LogP contribution is -2.47. The molecule has 1 heterocycles. The van der Waals surface area contributed by atoms with Gasteiger partial charge in [0, 0.05) is 32.2 Å². The Balaban J connectivity index is 0.00000132. The summed E-state index contributed by atoms with van der Waals surface area (Å²) in [6, 6.07) is 11.0. The van der Waals surface area contributed by atoms with E-state index in [1.807, 2.05) is 11.0 Å². The maximum atomic E-state index is 12.4. The number of carbonyl (C=O) groups is 1. The summed E-state index contributed by atoms with van der Waals surface area (Å²) in [5.41, 5.74) is 6.86. The molecule has 0 bridgehead atoms. The minimum Gasteiger partial charge on any atom is -0.340 e. The van der Waals surface area contributed by atoms with E-state index in [0.29, 0.717) is 6.04 Å². The third-order valence-electron chi connectivity index (χ3n) is 4.83. The highest BCUT2D eigenvalue weighted by Crippen LogP contribution is 2.34. The van der Waals surface area contributed by atoms with Crippen LogP contribution in [0.5, 0.6) is 0 Å². The Kier molecular flexibility index (Phi) is 7.33. The highest BCUT2D eigenvalue weighted by Gasteiger charge is 2.48. The number of nitrogens with zero attached hydrogens (tertiary/aromatic N) is 2. The summed E-state index contributed by atoms with van der Waals surface area (Å²) in [6.07, 6.45) is 2.73. The van der Waals surface area contributed by atoms with Gasteiger partial charge in [0.1, 0.15) is 0 Å². The lowest BCUT2D eigenvalue weighted by Gasteiger charge is -2.26. The summed E-state index contributed by atoms with van der Waals surface area (Å²) >= 11 is 0. The molecule has 1 aliphatic carbocycles. The van der Waals surface area contributed by atoms with E-state index in [-0.39, 0.29) is 30.7 Å². The Morgan fingerprint density at radius 3 is 2.43 bits per heavy atom. The van der Waals surface area contributed by atoms with Crippen molar-refractivity contribution in [3.63, 3.8) is 0 Å². The van der Waals surface area contributed by atoms with Gasteiger partial charge in [0.2, 0.25) is 5.91 Å². The van der Waals surface area contributed by atoms with Gasteiger partial charge in [0.15, 0.2) is 0 Å². The van der Waals surface area contributed by atoms with Crippen molar-refractivity contribution >= 4 is 30.7 Å². The van der Waals surface area contributed by atoms with Crippen molar-refractivity contribution in [3.05, 3.63) is 35.9 Å². The first-order valence-electron chi connectivity index (χ1n) is 7.95. The predicted molar refractivity (Wildman–Crippen MR) is 98.2 cm³/mol. The average molecular weight is 360 g/mol. The molecular weight excluding hydrogens is 333 g/mol. The van der Waals surface area contributed by atoms with Gasteiger partial charge in [-0.2, -0.15) is 0 Å². The summed E-state index contributed by atoms with van der Waals surface area (Å²) in [6.45, 7) is 5.78. The van der Waals surface area contributed by atoms with Crippen LogP contribution < -0.4 is 5.73 Å². The van der Waals surface area contributed by atoms with Crippen molar-refractivity contribution < 1.29 is 4.79 Å². The average Bonchev–Trinajstić information content (AvgIpc) is 3.27. The number of carbonyl (C=O) groups excluding carboxylic acids is 1. The monoisotopic (exact) mass is 359 g/mol. The molecule has 0 spiro atoms. The number of halogens is 2. The van der Waals surface area contributed by atoms with Crippen LogP contribution in [-0.4, -0.2) is 46.9 Å². The first-order valence-corrected chi connectivity index (χ1v) is 7.95. The van der Waals surface area contributed by atoms with E-state index >= 15 is 0 Å². The molecule has 1 atom stereocenters. The van der Waals surface area contributed by atoms with Gasteiger partial charge in [0.05, 0.1) is 5.54 Å². The number of nitrogens with two attached hydrogens (primary N) is 1. The zero-order chi connectivity index (χ0) is 14.9. The number of hydrogen-bond acceptors (Lipinski definition) is 3. The topological polar surface area (TPSA) is 49.6 Å². The Labute approximate surface area is 151 Å². The lowest BCUT2D eigenvalue weighted by atomic mass is 10.1. The quantitative estimate of drug-likeness (QED) is 0.901. The molecule has 130 valence electrons. The van der Waals surface area contributed by atoms with Crippen molar-refractivity contribution in [1.29, 1.82) is 0 Å². The van der Waals surface area contributed by atoms with E-state index in [1.165, 1.54) is 5.56 Å². The molecule has 0 radical (unpaired) electrons. The first kappa shape index (κ1) is 20.2. The van der Waals surface area contributed by atoms with Gasteiger partial charge in [-0.25, -0.2) is 0 Å². The van der Waals surface area contributed by atoms with Crippen molar-refractivity contribution in [2.75, 3.05) is 19.6 Å². The molecule has 4 nitrogen and oxygen atoms in total. The normalized spacial score (nSPS) is 23.2. The van der Waals surface area contributed by atoms with Crippen LogP contribution >= 0.6 is 24.8 Å². The zero-order valence-corrected chi connectivity index (χ0v) is 15.2. The molecule has 6 heteroatoms. The molecule has 1 amide bonds. The fourth-order valence-corrected chi connectivity index (χ4v) is 3.03. The van der Waals surface area contributed by atoms with Gasteiger partial charge < -0.3 is 10.6 Å². The number of rotatable bonds is 3. The third-order valence-corrected chi connectivity index (χ3v) is 4.83. The van der Waals surface area contributed by atoms with Crippen LogP contribution in [0.15, 0.2) is 30.3 Å². The molecular formula is C17H27Cl2N3O. The van der Waals surface area contributed by atoms with Gasteiger partial charge in [-0.05, 0) is 31.7 Å². The smallest absolute Gasteiger partial charge is 0.242 e. The highest BCUT2D eigenvalue weighted by molar-refractivity contribution is 5.89. The van der Waals surface area contributed by atoms with Crippen molar-refractivity contribution in [2.24, 2.45) is 5.73 Å². The summed E-state index contributed by atoms with van der Waals surface area (Å²) < 4.78 is 0. The number of hydrogen-bond donors (Lipinski definition) is 1. The number of amides is 1. The van der Waals surface area contributed by atoms with E-state index in [1.54, 1.807) is 0 Å². The molecule has 1 aromatic rings. The van der Waals surface area contributed by atoms with E-state index in [2.05, 4.69) is 36.1 Å². The second kappa shape index (κ2) is 8.34. The summed E-state index contributed by atoms with van der Waals surface area (Å²) in [5.74, 6) is 0.163. The standard InChI is InChI=1S/C17H25N3O.2ClH/c1-14-7-10-19(16(21)17(18)8-9-17)11-12-20(14)13-15-5-3-2-4-6-15;;/h2-6,14H,7-13,18H2,1H3;2*1H. The zero-order valence-electron chi connectivity index (χ0n) is 13.6. The van der Waals surface area contributed by atoms with E-state index in [4.69, 9.17) is 5.73 Å². The summed E-state index contributed by atoms with van der Waals surface area (Å²) in [5, 5.41) is 0. The minimum absolute atomic E-state index is 0. The van der Waals surface area contributed by atoms with Crippen LogP contribution in [0.3, 0.4) is 0 Å². The van der Waals surface area contributed by atoms with Crippen LogP contribution in [0.25, 0.3) is 0 Å². The minimum atomic E-state index is -0.530. The maximum absolute atomic E-state index is 12.4. The molecule has 3 rings (SSSR count). The van der Waals surface area contributed by atoms with Gasteiger partial charge in [-0.15, -0.1) is 24.8 Å². The van der Waals surface area contributed by atoms with Crippen LogP contribution in [0.1, 0.15) is 31.7 Å². The Morgan fingerprint density at radius 1 is 1.17 bits per heavy atom. The van der Waals surface area contributed by atoms with Gasteiger partial charge >= 0.3 is 0 Å². The molecule has 23 heavy (non-hydrogen) atoms. The summed E-state index contributed by atoms with van der Waals surface area (Å²) in [4.78, 5) is 16.8. The second-order valence-corrected chi connectivity index (χ2v) is 6.54. The van der Waals surface area contributed by atoms with Crippen LogP contribution in [0.2, 0.25) is 0 Å². The molecule has 2 aliphatic rings.